The molecule has 0 spiro atoms. The molecule has 128 valence electrons. The molecule has 24 heavy (non-hydrogen) atoms. The SMILES string of the molecule is O=C(CSc1ccc(F)cc1F)Nc1ccnn1C1CCCCC1. The van der Waals surface area contributed by atoms with Crippen molar-refractivity contribution in [3.8, 4) is 0 Å². The Balaban J connectivity index is 1.58. The van der Waals surface area contributed by atoms with Crippen molar-refractivity contribution in [3.63, 3.8) is 0 Å². The topological polar surface area (TPSA) is 46.9 Å². The second-order valence-corrected chi connectivity index (χ2v) is 6.88. The fourth-order valence-electron chi connectivity index (χ4n) is 2.94. The second kappa shape index (κ2) is 7.79. The molecule has 0 bridgehead atoms. The largest absolute Gasteiger partial charge is 0.310 e. The Kier molecular flexibility index (Phi) is 5.50. The van der Waals surface area contributed by atoms with E-state index in [1.165, 1.54) is 31.4 Å². The van der Waals surface area contributed by atoms with Gasteiger partial charge in [0, 0.05) is 17.0 Å². The number of hydrogen-bond acceptors (Lipinski definition) is 3. The minimum atomic E-state index is -0.653. The Morgan fingerprint density at radius 2 is 2.04 bits per heavy atom. The van der Waals surface area contributed by atoms with Crippen molar-refractivity contribution in [1.82, 2.24) is 9.78 Å². The molecular formula is C17H19F2N3OS. The third-order valence-corrected chi connectivity index (χ3v) is 5.16. The summed E-state index contributed by atoms with van der Waals surface area (Å²) < 4.78 is 28.3. The van der Waals surface area contributed by atoms with Crippen molar-refractivity contribution in [1.29, 1.82) is 0 Å². The molecular weight excluding hydrogens is 332 g/mol. The van der Waals surface area contributed by atoms with Gasteiger partial charge in [-0.2, -0.15) is 5.10 Å². The van der Waals surface area contributed by atoms with Crippen LogP contribution in [0.2, 0.25) is 0 Å². The summed E-state index contributed by atoms with van der Waals surface area (Å²) in [5.41, 5.74) is 0. The van der Waals surface area contributed by atoms with E-state index in [1.54, 1.807) is 12.3 Å². The maximum absolute atomic E-state index is 13.6. The molecule has 2 aromatic rings. The second-order valence-electron chi connectivity index (χ2n) is 5.86. The van der Waals surface area contributed by atoms with Gasteiger partial charge in [-0.3, -0.25) is 4.79 Å². The molecule has 1 aromatic carbocycles. The highest BCUT2D eigenvalue weighted by Gasteiger charge is 2.19. The number of nitrogens with one attached hydrogen (secondary N) is 1. The Morgan fingerprint density at radius 1 is 1.25 bits per heavy atom. The van der Waals surface area contributed by atoms with Crippen LogP contribution in [0.1, 0.15) is 38.1 Å². The average molecular weight is 351 g/mol. The van der Waals surface area contributed by atoms with Crippen molar-refractivity contribution in [3.05, 3.63) is 42.1 Å². The summed E-state index contributed by atoms with van der Waals surface area (Å²) in [6.45, 7) is 0. The molecule has 0 radical (unpaired) electrons. The number of carbonyl (C=O) groups excluding carboxylic acids is 1. The average Bonchev–Trinajstić information content (AvgIpc) is 3.03. The van der Waals surface area contributed by atoms with E-state index in [-0.39, 0.29) is 16.6 Å². The molecule has 1 aromatic heterocycles. The summed E-state index contributed by atoms with van der Waals surface area (Å²) >= 11 is 1.04. The summed E-state index contributed by atoms with van der Waals surface area (Å²) in [5.74, 6) is -0.788. The van der Waals surface area contributed by atoms with Crippen molar-refractivity contribution in [2.45, 2.75) is 43.0 Å². The Hall–Kier alpha value is -1.89. The van der Waals surface area contributed by atoms with Crippen LogP contribution < -0.4 is 5.32 Å². The van der Waals surface area contributed by atoms with E-state index in [0.29, 0.717) is 11.9 Å². The van der Waals surface area contributed by atoms with E-state index in [4.69, 9.17) is 0 Å². The number of rotatable bonds is 5. The number of aromatic nitrogens is 2. The summed E-state index contributed by atoms with van der Waals surface area (Å²) in [4.78, 5) is 12.4. The molecule has 0 saturated heterocycles. The van der Waals surface area contributed by atoms with Gasteiger partial charge >= 0.3 is 0 Å². The number of nitrogens with zero attached hydrogens (tertiary/aromatic N) is 2. The van der Waals surface area contributed by atoms with Gasteiger partial charge in [0.2, 0.25) is 5.91 Å². The maximum Gasteiger partial charge on any atom is 0.235 e. The zero-order valence-corrected chi connectivity index (χ0v) is 14.0. The van der Waals surface area contributed by atoms with Gasteiger partial charge in [0.05, 0.1) is 18.0 Å². The van der Waals surface area contributed by atoms with Crippen LogP contribution in [0.3, 0.4) is 0 Å². The van der Waals surface area contributed by atoms with Crippen LogP contribution in [0.4, 0.5) is 14.6 Å². The fraction of sp³-hybridized carbons (Fsp3) is 0.412. The zero-order valence-electron chi connectivity index (χ0n) is 13.2. The Bertz CT molecular complexity index is 714. The lowest BCUT2D eigenvalue weighted by Gasteiger charge is -2.23. The molecule has 1 aliphatic carbocycles. The highest BCUT2D eigenvalue weighted by Crippen LogP contribution is 2.30. The smallest absolute Gasteiger partial charge is 0.235 e. The first-order chi connectivity index (χ1) is 11.6. The Labute approximate surface area is 143 Å². The van der Waals surface area contributed by atoms with E-state index in [0.717, 1.165) is 30.7 Å². The maximum atomic E-state index is 13.6. The first-order valence-corrected chi connectivity index (χ1v) is 9.03. The van der Waals surface area contributed by atoms with Crippen LogP contribution in [0.25, 0.3) is 0 Å². The highest BCUT2D eigenvalue weighted by molar-refractivity contribution is 8.00. The van der Waals surface area contributed by atoms with Crippen molar-refractivity contribution < 1.29 is 13.6 Å². The van der Waals surface area contributed by atoms with Crippen LogP contribution >= 0.6 is 11.8 Å². The van der Waals surface area contributed by atoms with Gasteiger partial charge in [0.25, 0.3) is 0 Å². The molecule has 1 saturated carbocycles. The predicted molar refractivity (Wildman–Crippen MR) is 90.1 cm³/mol. The first-order valence-electron chi connectivity index (χ1n) is 8.04. The third-order valence-electron chi connectivity index (χ3n) is 4.11. The minimum absolute atomic E-state index is 0.0540. The molecule has 1 amide bonds. The standard InChI is InChI=1S/C17H19F2N3OS/c18-12-6-7-15(14(19)10-12)24-11-17(23)21-16-8-9-20-22(16)13-4-2-1-3-5-13/h6-10,13H,1-5,11H2,(H,21,23). The van der Waals surface area contributed by atoms with Crippen molar-refractivity contribution >= 4 is 23.5 Å². The van der Waals surface area contributed by atoms with Gasteiger partial charge in [-0.05, 0) is 25.0 Å². The van der Waals surface area contributed by atoms with E-state index in [1.807, 2.05) is 4.68 Å². The molecule has 4 nitrogen and oxygen atoms in total. The van der Waals surface area contributed by atoms with Gasteiger partial charge in [-0.25, -0.2) is 13.5 Å². The highest BCUT2D eigenvalue weighted by atomic mass is 32.2. The molecule has 1 fully saturated rings. The molecule has 7 heteroatoms. The van der Waals surface area contributed by atoms with Crippen LogP contribution in [-0.4, -0.2) is 21.4 Å². The fourth-order valence-corrected chi connectivity index (χ4v) is 3.66. The van der Waals surface area contributed by atoms with Gasteiger partial charge in [-0.15, -0.1) is 11.8 Å². The summed E-state index contributed by atoms with van der Waals surface area (Å²) in [5, 5.41) is 7.16. The molecule has 0 unspecified atom stereocenters. The number of thioether (sulfide) groups is 1. The lowest BCUT2D eigenvalue weighted by atomic mass is 9.96. The number of halogens is 2. The number of anilines is 1. The quantitative estimate of drug-likeness (QED) is 0.812. The third kappa shape index (κ3) is 4.14. The molecule has 0 aliphatic heterocycles. The molecule has 0 atom stereocenters. The van der Waals surface area contributed by atoms with Gasteiger partial charge in [0.1, 0.15) is 17.5 Å². The van der Waals surface area contributed by atoms with Crippen LogP contribution in [-0.2, 0) is 4.79 Å². The van der Waals surface area contributed by atoms with Gasteiger partial charge in [0.15, 0.2) is 0 Å². The lowest BCUT2D eigenvalue weighted by molar-refractivity contribution is -0.113. The number of benzene rings is 1. The predicted octanol–water partition coefficient (Wildman–Crippen LogP) is 4.40. The van der Waals surface area contributed by atoms with Crippen molar-refractivity contribution in [2.24, 2.45) is 0 Å². The molecule has 1 N–H and O–H groups in total. The van der Waals surface area contributed by atoms with Gasteiger partial charge in [-0.1, -0.05) is 19.3 Å². The summed E-state index contributed by atoms with van der Waals surface area (Å²) in [6, 6.07) is 5.44. The lowest BCUT2D eigenvalue weighted by Crippen LogP contribution is -2.21. The van der Waals surface area contributed by atoms with E-state index >= 15 is 0 Å². The van der Waals surface area contributed by atoms with E-state index in [9.17, 15) is 13.6 Å². The van der Waals surface area contributed by atoms with E-state index in [2.05, 4.69) is 10.4 Å². The van der Waals surface area contributed by atoms with Crippen LogP contribution in [0.5, 0.6) is 0 Å². The molecule has 1 heterocycles. The zero-order chi connectivity index (χ0) is 16.9. The van der Waals surface area contributed by atoms with Crippen LogP contribution in [0, 0.1) is 11.6 Å². The normalized spacial score (nSPS) is 15.4. The monoisotopic (exact) mass is 351 g/mol. The number of amides is 1. The number of hydrogen-bond donors (Lipinski definition) is 1. The van der Waals surface area contributed by atoms with Gasteiger partial charge < -0.3 is 5.32 Å². The summed E-state index contributed by atoms with van der Waals surface area (Å²) in [6.07, 6.45) is 7.42. The van der Waals surface area contributed by atoms with Crippen LogP contribution in [0.15, 0.2) is 35.4 Å². The van der Waals surface area contributed by atoms with Crippen molar-refractivity contribution in [2.75, 3.05) is 11.1 Å². The first kappa shape index (κ1) is 17.0. The summed E-state index contributed by atoms with van der Waals surface area (Å²) in [7, 11) is 0. The van der Waals surface area contributed by atoms with E-state index < -0.39 is 11.6 Å². The minimum Gasteiger partial charge on any atom is -0.310 e. The Morgan fingerprint density at radius 3 is 2.79 bits per heavy atom. The number of carbonyl (C=O) groups is 1. The molecule has 3 rings (SSSR count). The molecule has 1 aliphatic rings.